The molecular weight excluding hydrogens is 148 g/mol. The maximum absolute atomic E-state index is 4.11. The molecule has 0 aromatic rings. The molecule has 0 aromatic carbocycles. The molecule has 0 aliphatic carbocycles. The Morgan fingerprint density at radius 1 is 1.25 bits per heavy atom. The molecule has 68 valence electrons. The largest absolute Gasteiger partial charge is 0.160 e. The lowest BCUT2D eigenvalue weighted by molar-refractivity contribution is 0.904. The Labute approximate surface area is 75.1 Å². The van der Waals surface area contributed by atoms with Crippen molar-refractivity contribution in [1.29, 1.82) is 0 Å². The lowest BCUT2D eigenvalue weighted by atomic mass is 10.1. The highest BCUT2D eigenvalue weighted by Gasteiger charge is 1.94. The Kier molecular flexibility index (Phi) is 7.55. The summed E-state index contributed by atoms with van der Waals surface area (Å²) in [5, 5.41) is 7.98. The van der Waals surface area contributed by atoms with Gasteiger partial charge in [0.1, 0.15) is 0 Å². The van der Waals surface area contributed by atoms with E-state index in [1.807, 2.05) is 0 Å². The molecule has 0 fully saturated rings. The summed E-state index contributed by atoms with van der Waals surface area (Å²) < 4.78 is 0. The van der Waals surface area contributed by atoms with Crippen molar-refractivity contribution in [2.24, 2.45) is 10.2 Å². The Morgan fingerprint density at radius 2 is 1.83 bits per heavy atom. The molecule has 0 spiro atoms. The van der Waals surface area contributed by atoms with Crippen molar-refractivity contribution >= 4 is 11.9 Å². The molecule has 0 amide bonds. The fourth-order valence-electron chi connectivity index (χ4n) is 0.964. The van der Waals surface area contributed by atoms with Crippen LogP contribution in [-0.4, -0.2) is 11.9 Å². The van der Waals surface area contributed by atoms with Crippen LogP contribution in [0.5, 0.6) is 0 Å². The highest BCUT2D eigenvalue weighted by molar-refractivity contribution is 5.85. The average Bonchev–Trinajstić information content (AvgIpc) is 2.06. The zero-order valence-electron chi connectivity index (χ0n) is 8.08. The molecule has 0 rings (SSSR count). The summed E-state index contributed by atoms with van der Waals surface area (Å²) in [6.45, 7) is 7.84. The monoisotopic (exact) mass is 166 g/mol. The van der Waals surface area contributed by atoms with Crippen LogP contribution >= 0.6 is 0 Å². The van der Waals surface area contributed by atoms with E-state index in [4.69, 9.17) is 0 Å². The quantitative estimate of drug-likeness (QED) is 0.427. The molecule has 12 heavy (non-hydrogen) atoms. The van der Waals surface area contributed by atoms with Crippen molar-refractivity contribution in [3.05, 3.63) is 12.7 Å². The minimum Gasteiger partial charge on any atom is -0.160 e. The fourth-order valence-corrected chi connectivity index (χ4v) is 0.964. The molecule has 2 nitrogen and oxygen atoms in total. The van der Waals surface area contributed by atoms with Crippen LogP contribution in [0, 0.1) is 0 Å². The van der Waals surface area contributed by atoms with E-state index in [9.17, 15) is 0 Å². The molecule has 0 atom stereocenters. The first kappa shape index (κ1) is 11.1. The third kappa shape index (κ3) is 5.83. The van der Waals surface area contributed by atoms with Gasteiger partial charge < -0.3 is 0 Å². The highest BCUT2D eigenvalue weighted by atomic mass is 15.2. The van der Waals surface area contributed by atoms with Gasteiger partial charge in [0, 0.05) is 11.9 Å². The molecule has 0 radical (unpaired) electrons. The molecule has 0 bridgehead atoms. The first-order valence-corrected chi connectivity index (χ1v) is 4.54. The first-order chi connectivity index (χ1) is 5.85. The second-order valence-corrected chi connectivity index (χ2v) is 2.67. The predicted octanol–water partition coefficient (Wildman–Crippen LogP) is 3.20. The normalized spacial score (nSPS) is 10.2. The average molecular weight is 166 g/mol. The molecular formula is C10H18N2. The van der Waals surface area contributed by atoms with Gasteiger partial charge in [-0.1, -0.05) is 33.3 Å². The van der Waals surface area contributed by atoms with Gasteiger partial charge in [0.15, 0.2) is 0 Å². The van der Waals surface area contributed by atoms with E-state index in [2.05, 4.69) is 30.6 Å². The van der Waals surface area contributed by atoms with Gasteiger partial charge in [0.2, 0.25) is 0 Å². The summed E-state index contributed by atoms with van der Waals surface area (Å²) in [6.07, 6.45) is 7.65. The van der Waals surface area contributed by atoms with E-state index in [0.29, 0.717) is 0 Å². The van der Waals surface area contributed by atoms with Crippen LogP contribution in [0.2, 0.25) is 0 Å². The highest BCUT2D eigenvalue weighted by Crippen LogP contribution is 2.00. The van der Waals surface area contributed by atoms with Gasteiger partial charge in [-0.15, -0.1) is 0 Å². The Balaban J connectivity index is 3.97. The van der Waals surface area contributed by atoms with Gasteiger partial charge in [-0.25, -0.2) is 0 Å². The van der Waals surface area contributed by atoms with Crippen LogP contribution in [0.1, 0.15) is 39.5 Å². The first-order valence-electron chi connectivity index (χ1n) is 4.54. The Hall–Kier alpha value is -0.920. The number of allylic oxidation sites excluding steroid dienone is 1. The van der Waals surface area contributed by atoms with Crippen molar-refractivity contribution in [3.8, 4) is 0 Å². The van der Waals surface area contributed by atoms with Crippen LogP contribution in [-0.2, 0) is 0 Å². The van der Waals surface area contributed by atoms with Gasteiger partial charge in [-0.2, -0.15) is 10.2 Å². The van der Waals surface area contributed by atoms with Gasteiger partial charge in [0.25, 0.3) is 0 Å². The van der Waals surface area contributed by atoms with Crippen LogP contribution in [0.4, 0.5) is 0 Å². The van der Waals surface area contributed by atoms with Gasteiger partial charge in [-0.3, -0.25) is 0 Å². The lowest BCUT2D eigenvalue weighted by Gasteiger charge is -1.98. The van der Waals surface area contributed by atoms with Crippen LogP contribution < -0.4 is 0 Å². The van der Waals surface area contributed by atoms with E-state index in [0.717, 1.165) is 25.7 Å². The second kappa shape index (κ2) is 8.18. The molecule has 0 unspecified atom stereocenters. The van der Waals surface area contributed by atoms with E-state index < -0.39 is 0 Å². The standard InChI is InChI=1S/C10H18N2/c1-4-7-10(8-5-2)12-11-9-6-3/h6,9H,3-5,7-8H2,1-2H3/b11-9+. The molecule has 0 saturated carbocycles. The molecule has 0 aliphatic rings. The van der Waals surface area contributed by atoms with Crippen molar-refractivity contribution < 1.29 is 0 Å². The van der Waals surface area contributed by atoms with E-state index in [-0.39, 0.29) is 0 Å². The Morgan fingerprint density at radius 3 is 2.25 bits per heavy atom. The van der Waals surface area contributed by atoms with E-state index >= 15 is 0 Å². The third-order valence-corrected chi connectivity index (χ3v) is 1.45. The van der Waals surface area contributed by atoms with E-state index in [1.165, 1.54) is 5.71 Å². The van der Waals surface area contributed by atoms with Crippen molar-refractivity contribution in [3.63, 3.8) is 0 Å². The van der Waals surface area contributed by atoms with Gasteiger partial charge in [0.05, 0.1) is 0 Å². The zero-order chi connectivity index (χ0) is 9.23. The van der Waals surface area contributed by atoms with Crippen molar-refractivity contribution in [1.82, 2.24) is 0 Å². The number of nitrogens with zero attached hydrogens (tertiary/aromatic N) is 2. The topological polar surface area (TPSA) is 24.7 Å². The molecule has 2 heteroatoms. The second-order valence-electron chi connectivity index (χ2n) is 2.67. The summed E-state index contributed by atoms with van der Waals surface area (Å²) in [7, 11) is 0. The van der Waals surface area contributed by atoms with Gasteiger partial charge >= 0.3 is 0 Å². The summed E-state index contributed by atoms with van der Waals surface area (Å²) in [5.41, 5.74) is 1.19. The van der Waals surface area contributed by atoms with Crippen LogP contribution in [0.25, 0.3) is 0 Å². The summed E-state index contributed by atoms with van der Waals surface area (Å²) in [6, 6.07) is 0. The number of hydrogen-bond acceptors (Lipinski definition) is 2. The SMILES string of the molecule is C=C/C=N/N=C(CCC)CCC. The number of hydrogen-bond donors (Lipinski definition) is 0. The molecule has 0 aromatic heterocycles. The van der Waals surface area contributed by atoms with E-state index in [1.54, 1.807) is 12.3 Å². The summed E-state index contributed by atoms with van der Waals surface area (Å²) in [4.78, 5) is 0. The smallest absolute Gasteiger partial charge is 0.0489 e. The van der Waals surface area contributed by atoms with Crippen LogP contribution in [0.3, 0.4) is 0 Å². The molecule has 0 heterocycles. The molecule has 0 saturated heterocycles. The fraction of sp³-hybridized carbons (Fsp3) is 0.600. The summed E-state index contributed by atoms with van der Waals surface area (Å²) >= 11 is 0. The minimum atomic E-state index is 1.06. The van der Waals surface area contributed by atoms with Gasteiger partial charge in [-0.05, 0) is 18.9 Å². The van der Waals surface area contributed by atoms with Crippen molar-refractivity contribution in [2.45, 2.75) is 39.5 Å². The number of rotatable bonds is 6. The molecule has 0 N–H and O–H groups in total. The third-order valence-electron chi connectivity index (χ3n) is 1.45. The van der Waals surface area contributed by atoms with Crippen LogP contribution in [0.15, 0.2) is 22.9 Å². The minimum absolute atomic E-state index is 1.06. The molecule has 0 aliphatic heterocycles. The predicted molar refractivity (Wildman–Crippen MR) is 55.9 cm³/mol. The maximum Gasteiger partial charge on any atom is 0.0489 e. The Bertz CT molecular complexity index is 161. The maximum atomic E-state index is 4.11. The zero-order valence-corrected chi connectivity index (χ0v) is 8.08. The summed E-state index contributed by atoms with van der Waals surface area (Å²) in [5.74, 6) is 0. The van der Waals surface area contributed by atoms with Crippen molar-refractivity contribution in [2.75, 3.05) is 0 Å². The lowest BCUT2D eigenvalue weighted by Crippen LogP contribution is -1.95.